The van der Waals surface area contributed by atoms with Crippen LogP contribution in [0, 0.1) is 0 Å². The quantitative estimate of drug-likeness (QED) is 0.736. The zero-order valence-electron chi connectivity index (χ0n) is 14.0. The summed E-state index contributed by atoms with van der Waals surface area (Å²) in [5.74, 6) is 0. The van der Waals surface area contributed by atoms with Gasteiger partial charge in [0.25, 0.3) is 0 Å². The molecule has 23 heavy (non-hydrogen) atoms. The van der Waals surface area contributed by atoms with Gasteiger partial charge in [-0.1, -0.05) is 5.21 Å². The monoisotopic (exact) mass is 327 g/mol. The van der Waals surface area contributed by atoms with Crippen molar-refractivity contribution in [3.05, 3.63) is 11.9 Å². The Morgan fingerprint density at radius 3 is 2.96 bits per heavy atom. The lowest BCUT2D eigenvalue weighted by molar-refractivity contribution is 0.0661. The molecule has 0 bridgehead atoms. The highest BCUT2D eigenvalue weighted by atomic mass is 16.5. The van der Waals surface area contributed by atoms with Gasteiger partial charge < -0.3 is 24.8 Å². The molecule has 0 unspecified atom stereocenters. The molecule has 2 atom stereocenters. The van der Waals surface area contributed by atoms with Gasteiger partial charge in [0.2, 0.25) is 0 Å². The number of rotatable bonds is 7. The SMILES string of the molecule is COCC(C)(C)NC(=O)NCc1cn([C@@H]2COC[C@H]2OC)nn1. The molecule has 1 aliphatic heterocycles. The molecular formula is C14H25N5O4. The Morgan fingerprint density at radius 1 is 1.48 bits per heavy atom. The summed E-state index contributed by atoms with van der Waals surface area (Å²) in [6.07, 6.45) is 1.77. The van der Waals surface area contributed by atoms with Crippen LogP contribution in [0.25, 0.3) is 0 Å². The number of aromatic nitrogens is 3. The van der Waals surface area contributed by atoms with E-state index in [1.165, 1.54) is 0 Å². The molecule has 1 saturated heterocycles. The lowest BCUT2D eigenvalue weighted by Crippen LogP contribution is -2.50. The van der Waals surface area contributed by atoms with Gasteiger partial charge in [-0.2, -0.15) is 0 Å². The van der Waals surface area contributed by atoms with Crippen molar-refractivity contribution in [1.82, 2.24) is 25.6 Å². The fourth-order valence-electron chi connectivity index (χ4n) is 2.47. The van der Waals surface area contributed by atoms with Crippen LogP contribution >= 0.6 is 0 Å². The highest BCUT2D eigenvalue weighted by Crippen LogP contribution is 2.20. The van der Waals surface area contributed by atoms with Crippen molar-refractivity contribution < 1.29 is 19.0 Å². The average Bonchev–Trinajstić information content (AvgIpc) is 3.12. The van der Waals surface area contributed by atoms with E-state index < -0.39 is 5.54 Å². The zero-order valence-corrected chi connectivity index (χ0v) is 14.0. The Bertz CT molecular complexity index is 519. The van der Waals surface area contributed by atoms with Crippen LogP contribution in [0.15, 0.2) is 6.20 Å². The van der Waals surface area contributed by atoms with Crippen LogP contribution in [-0.2, 0) is 20.8 Å². The first-order chi connectivity index (χ1) is 10.9. The maximum absolute atomic E-state index is 11.9. The number of amides is 2. The predicted octanol–water partition coefficient (Wildman–Crippen LogP) is 0.0886. The minimum Gasteiger partial charge on any atom is -0.382 e. The Balaban J connectivity index is 1.84. The summed E-state index contributed by atoms with van der Waals surface area (Å²) < 4.78 is 17.5. The van der Waals surface area contributed by atoms with Crippen LogP contribution in [-0.4, -0.2) is 66.7 Å². The number of methoxy groups -OCH3 is 2. The van der Waals surface area contributed by atoms with Crippen molar-refractivity contribution >= 4 is 6.03 Å². The Morgan fingerprint density at radius 2 is 2.26 bits per heavy atom. The molecule has 2 rings (SSSR count). The first-order valence-electron chi connectivity index (χ1n) is 7.51. The summed E-state index contributed by atoms with van der Waals surface area (Å²) in [6, 6.07) is -0.267. The summed E-state index contributed by atoms with van der Waals surface area (Å²) in [4.78, 5) is 11.9. The highest BCUT2D eigenvalue weighted by molar-refractivity contribution is 5.74. The molecule has 2 amide bonds. The lowest BCUT2D eigenvalue weighted by Gasteiger charge is -2.25. The van der Waals surface area contributed by atoms with Gasteiger partial charge in [0.05, 0.1) is 38.1 Å². The van der Waals surface area contributed by atoms with Gasteiger partial charge in [0.1, 0.15) is 17.8 Å². The number of carbonyl (C=O) groups excluding carboxylic acids is 1. The van der Waals surface area contributed by atoms with Gasteiger partial charge in [-0.05, 0) is 13.8 Å². The van der Waals surface area contributed by atoms with E-state index in [0.29, 0.717) is 32.1 Å². The fourth-order valence-corrected chi connectivity index (χ4v) is 2.47. The summed E-state index contributed by atoms with van der Waals surface area (Å²) in [7, 11) is 3.25. The van der Waals surface area contributed by atoms with E-state index in [0.717, 1.165) is 0 Å². The van der Waals surface area contributed by atoms with Crippen molar-refractivity contribution in [2.45, 2.75) is 38.1 Å². The summed E-state index contributed by atoms with van der Waals surface area (Å²) in [6.45, 7) is 5.58. The molecule has 2 heterocycles. The van der Waals surface area contributed by atoms with Crippen LogP contribution in [0.3, 0.4) is 0 Å². The third kappa shape index (κ3) is 4.88. The predicted molar refractivity (Wildman–Crippen MR) is 82.0 cm³/mol. The fraction of sp³-hybridized carbons (Fsp3) is 0.786. The molecule has 1 aromatic heterocycles. The summed E-state index contributed by atoms with van der Waals surface area (Å²) >= 11 is 0. The minimum absolute atomic E-state index is 0.00992. The van der Waals surface area contributed by atoms with Crippen LogP contribution in [0.2, 0.25) is 0 Å². The third-order valence-electron chi connectivity index (χ3n) is 3.59. The molecule has 0 spiro atoms. The second-order valence-corrected chi connectivity index (χ2v) is 6.19. The normalized spacial score (nSPS) is 21.4. The topological polar surface area (TPSA) is 99.5 Å². The molecule has 9 nitrogen and oxygen atoms in total. The molecule has 2 N–H and O–H groups in total. The molecule has 0 aromatic carbocycles. The van der Waals surface area contributed by atoms with E-state index in [9.17, 15) is 4.79 Å². The largest absolute Gasteiger partial charge is 0.382 e. The number of urea groups is 1. The number of hydrogen-bond acceptors (Lipinski definition) is 6. The van der Waals surface area contributed by atoms with E-state index in [4.69, 9.17) is 14.2 Å². The van der Waals surface area contributed by atoms with E-state index in [-0.39, 0.29) is 18.2 Å². The van der Waals surface area contributed by atoms with Gasteiger partial charge in [-0.15, -0.1) is 5.10 Å². The van der Waals surface area contributed by atoms with E-state index in [1.807, 2.05) is 13.8 Å². The van der Waals surface area contributed by atoms with E-state index >= 15 is 0 Å². The second-order valence-electron chi connectivity index (χ2n) is 6.19. The maximum Gasteiger partial charge on any atom is 0.315 e. The number of ether oxygens (including phenoxy) is 3. The van der Waals surface area contributed by atoms with Gasteiger partial charge >= 0.3 is 6.03 Å². The first kappa shape index (κ1) is 17.6. The van der Waals surface area contributed by atoms with Crippen molar-refractivity contribution in [1.29, 1.82) is 0 Å². The Kier molecular flexibility index (Phi) is 5.91. The molecule has 0 radical (unpaired) electrons. The van der Waals surface area contributed by atoms with Crippen LogP contribution < -0.4 is 10.6 Å². The number of hydrogen-bond donors (Lipinski definition) is 2. The molecule has 1 fully saturated rings. The van der Waals surface area contributed by atoms with Crippen molar-refractivity contribution in [2.24, 2.45) is 0 Å². The van der Waals surface area contributed by atoms with Gasteiger partial charge in [0.15, 0.2) is 0 Å². The van der Waals surface area contributed by atoms with E-state index in [1.54, 1.807) is 25.1 Å². The standard InChI is InChI=1S/C14H25N5O4/c1-14(2,9-21-3)16-13(20)15-5-10-6-19(18-17-10)11-7-23-8-12(11)22-4/h6,11-12H,5,7-9H2,1-4H3,(H2,15,16,20)/t11-,12-/m1/s1. The van der Waals surface area contributed by atoms with Crippen LogP contribution in [0.5, 0.6) is 0 Å². The first-order valence-corrected chi connectivity index (χ1v) is 7.51. The summed E-state index contributed by atoms with van der Waals surface area (Å²) in [5.41, 5.74) is 0.231. The maximum atomic E-state index is 11.9. The molecule has 1 aromatic rings. The van der Waals surface area contributed by atoms with Crippen molar-refractivity contribution in [2.75, 3.05) is 34.0 Å². The molecule has 9 heteroatoms. The number of nitrogens with one attached hydrogen (secondary N) is 2. The van der Waals surface area contributed by atoms with Crippen molar-refractivity contribution in [3.8, 4) is 0 Å². The Labute approximate surface area is 135 Å². The second kappa shape index (κ2) is 7.71. The molecule has 130 valence electrons. The van der Waals surface area contributed by atoms with Gasteiger partial charge in [-0.3, -0.25) is 0 Å². The van der Waals surface area contributed by atoms with Gasteiger partial charge in [0, 0.05) is 14.2 Å². The van der Waals surface area contributed by atoms with E-state index in [2.05, 4.69) is 20.9 Å². The number of carbonyl (C=O) groups is 1. The lowest BCUT2D eigenvalue weighted by atomic mass is 10.1. The van der Waals surface area contributed by atoms with Crippen LogP contribution in [0.4, 0.5) is 4.79 Å². The summed E-state index contributed by atoms with van der Waals surface area (Å²) in [5, 5.41) is 13.8. The van der Waals surface area contributed by atoms with Crippen LogP contribution in [0.1, 0.15) is 25.6 Å². The average molecular weight is 327 g/mol. The molecular weight excluding hydrogens is 302 g/mol. The van der Waals surface area contributed by atoms with Gasteiger partial charge in [-0.25, -0.2) is 9.48 Å². The molecule has 0 aliphatic carbocycles. The molecule has 1 aliphatic rings. The zero-order chi connectivity index (χ0) is 16.9. The smallest absolute Gasteiger partial charge is 0.315 e. The number of nitrogens with zero attached hydrogens (tertiary/aromatic N) is 3. The van der Waals surface area contributed by atoms with Crippen molar-refractivity contribution in [3.63, 3.8) is 0 Å². The highest BCUT2D eigenvalue weighted by Gasteiger charge is 2.30. The third-order valence-corrected chi connectivity index (χ3v) is 3.59. The Hall–Kier alpha value is -1.71. The minimum atomic E-state index is -0.441. The molecule has 0 saturated carbocycles.